The minimum absolute atomic E-state index is 0.143. The number of nitrogens with zero attached hydrogens (tertiary/aromatic N) is 2. The van der Waals surface area contributed by atoms with E-state index in [0.717, 1.165) is 13.1 Å². The fourth-order valence-electron chi connectivity index (χ4n) is 2.17. The van der Waals surface area contributed by atoms with Crippen molar-refractivity contribution >= 4 is 16.3 Å². The van der Waals surface area contributed by atoms with Crippen LogP contribution in [0.15, 0.2) is 0 Å². The molecule has 8 nitrogen and oxygen atoms in total. The van der Waals surface area contributed by atoms with E-state index in [0.29, 0.717) is 32.2 Å². The Hall–Kier alpha value is -0.900. The van der Waals surface area contributed by atoms with E-state index in [2.05, 4.69) is 15.0 Å². The van der Waals surface area contributed by atoms with E-state index in [1.165, 1.54) is 4.31 Å². The molecule has 2 heterocycles. The molecular weight excluding hydrogens is 272 g/mol. The Morgan fingerprint density at radius 3 is 2.42 bits per heavy atom. The van der Waals surface area contributed by atoms with Crippen molar-refractivity contribution in [1.29, 1.82) is 0 Å². The standard InChI is InChI=1S/C10H20N4O4S/c1-2-18-10(15)12-19(16,17)14-5-3-13(4-6-14)9-7-11-8-9/h9,11H,2-8H2,1H3,(H,12,15). The molecule has 1 amide bonds. The molecule has 0 aliphatic carbocycles. The largest absolute Gasteiger partial charge is 0.449 e. The Morgan fingerprint density at radius 2 is 1.95 bits per heavy atom. The number of nitrogens with one attached hydrogen (secondary N) is 2. The van der Waals surface area contributed by atoms with E-state index < -0.39 is 16.3 Å². The Bertz CT molecular complexity index is 415. The van der Waals surface area contributed by atoms with E-state index in [1.807, 2.05) is 4.72 Å². The van der Waals surface area contributed by atoms with Crippen molar-refractivity contribution < 1.29 is 17.9 Å². The molecule has 0 aromatic heterocycles. The van der Waals surface area contributed by atoms with Gasteiger partial charge in [-0.3, -0.25) is 4.90 Å². The van der Waals surface area contributed by atoms with Crippen LogP contribution >= 0.6 is 0 Å². The van der Waals surface area contributed by atoms with Gasteiger partial charge in [-0.15, -0.1) is 0 Å². The Balaban J connectivity index is 1.83. The molecule has 0 spiro atoms. The molecule has 2 aliphatic heterocycles. The monoisotopic (exact) mass is 292 g/mol. The van der Waals surface area contributed by atoms with Crippen molar-refractivity contribution in [2.45, 2.75) is 13.0 Å². The Morgan fingerprint density at radius 1 is 1.32 bits per heavy atom. The Kier molecular flexibility index (Phi) is 4.61. The molecule has 0 aromatic carbocycles. The third-order valence-corrected chi connectivity index (χ3v) is 4.85. The smallest absolute Gasteiger partial charge is 0.421 e. The fraction of sp³-hybridized carbons (Fsp3) is 0.900. The maximum absolute atomic E-state index is 11.9. The molecule has 0 radical (unpaired) electrons. The lowest BCUT2D eigenvalue weighted by atomic mass is 10.1. The van der Waals surface area contributed by atoms with Crippen LogP contribution in [0.4, 0.5) is 4.79 Å². The summed E-state index contributed by atoms with van der Waals surface area (Å²) in [6, 6.07) is 0.517. The van der Waals surface area contributed by atoms with Crippen LogP contribution in [0.3, 0.4) is 0 Å². The third kappa shape index (κ3) is 3.56. The van der Waals surface area contributed by atoms with Crippen LogP contribution in [0.25, 0.3) is 0 Å². The predicted octanol–water partition coefficient (Wildman–Crippen LogP) is -1.43. The quantitative estimate of drug-likeness (QED) is 0.660. The first-order chi connectivity index (χ1) is 9.03. The van der Waals surface area contributed by atoms with Gasteiger partial charge in [0.05, 0.1) is 6.61 Å². The minimum Gasteiger partial charge on any atom is -0.449 e. The van der Waals surface area contributed by atoms with Gasteiger partial charge in [-0.25, -0.2) is 9.52 Å². The van der Waals surface area contributed by atoms with Crippen LogP contribution in [0, 0.1) is 0 Å². The van der Waals surface area contributed by atoms with Gasteiger partial charge in [0.1, 0.15) is 0 Å². The average Bonchev–Trinajstić information content (AvgIpc) is 2.27. The number of amides is 1. The normalized spacial score (nSPS) is 22.8. The summed E-state index contributed by atoms with van der Waals surface area (Å²) in [6.45, 7) is 5.87. The molecule has 110 valence electrons. The Labute approximate surface area is 113 Å². The van der Waals surface area contributed by atoms with Gasteiger partial charge in [-0.05, 0) is 6.92 Å². The van der Waals surface area contributed by atoms with Gasteiger partial charge >= 0.3 is 16.3 Å². The molecule has 0 atom stereocenters. The lowest BCUT2D eigenvalue weighted by Gasteiger charge is -2.42. The second-order valence-corrected chi connectivity index (χ2v) is 6.25. The second kappa shape index (κ2) is 6.04. The molecule has 9 heteroatoms. The van der Waals surface area contributed by atoms with Crippen molar-refractivity contribution in [1.82, 2.24) is 19.2 Å². The van der Waals surface area contributed by atoms with Crippen LogP contribution in [0.5, 0.6) is 0 Å². The molecule has 0 bridgehead atoms. The third-order valence-electron chi connectivity index (χ3n) is 3.38. The van der Waals surface area contributed by atoms with Gasteiger partial charge in [-0.2, -0.15) is 12.7 Å². The maximum Gasteiger partial charge on any atom is 0.421 e. The highest BCUT2D eigenvalue weighted by molar-refractivity contribution is 7.87. The zero-order chi connectivity index (χ0) is 13.9. The number of carbonyl (C=O) groups is 1. The first-order valence-corrected chi connectivity index (χ1v) is 7.86. The topological polar surface area (TPSA) is 91.0 Å². The summed E-state index contributed by atoms with van der Waals surface area (Å²) >= 11 is 0. The molecule has 0 unspecified atom stereocenters. The summed E-state index contributed by atoms with van der Waals surface area (Å²) in [6.07, 6.45) is -0.923. The van der Waals surface area contributed by atoms with Gasteiger partial charge in [0, 0.05) is 45.3 Å². The van der Waals surface area contributed by atoms with Crippen LogP contribution in [0.2, 0.25) is 0 Å². The number of rotatable bonds is 4. The number of piperazine rings is 1. The molecule has 2 N–H and O–H groups in total. The van der Waals surface area contributed by atoms with Crippen LogP contribution in [0.1, 0.15) is 6.92 Å². The molecule has 19 heavy (non-hydrogen) atoms. The van der Waals surface area contributed by atoms with Crippen molar-refractivity contribution in [3.8, 4) is 0 Å². The van der Waals surface area contributed by atoms with Gasteiger partial charge in [0.25, 0.3) is 0 Å². The fourth-order valence-corrected chi connectivity index (χ4v) is 3.21. The number of hydrogen-bond acceptors (Lipinski definition) is 6. The highest BCUT2D eigenvalue weighted by atomic mass is 32.2. The van der Waals surface area contributed by atoms with Gasteiger partial charge in [-0.1, -0.05) is 0 Å². The molecule has 0 aromatic rings. The zero-order valence-corrected chi connectivity index (χ0v) is 11.8. The van der Waals surface area contributed by atoms with Crippen LogP contribution < -0.4 is 10.0 Å². The summed E-state index contributed by atoms with van der Waals surface area (Å²) in [7, 11) is -3.78. The number of hydrogen-bond donors (Lipinski definition) is 2. The second-order valence-electron chi connectivity index (χ2n) is 4.57. The molecular formula is C10H20N4O4S. The van der Waals surface area contributed by atoms with Crippen molar-refractivity contribution in [2.75, 3.05) is 45.9 Å². The van der Waals surface area contributed by atoms with Gasteiger partial charge < -0.3 is 10.1 Å². The minimum atomic E-state index is -3.78. The van der Waals surface area contributed by atoms with Crippen LogP contribution in [-0.4, -0.2) is 75.6 Å². The molecule has 2 saturated heterocycles. The zero-order valence-electron chi connectivity index (χ0n) is 11.0. The van der Waals surface area contributed by atoms with Crippen LogP contribution in [-0.2, 0) is 14.9 Å². The number of carbonyl (C=O) groups excluding carboxylic acids is 1. The SMILES string of the molecule is CCOC(=O)NS(=O)(=O)N1CCN(C2CNC2)CC1. The van der Waals surface area contributed by atoms with E-state index in [1.54, 1.807) is 6.92 Å². The van der Waals surface area contributed by atoms with E-state index in [9.17, 15) is 13.2 Å². The summed E-state index contributed by atoms with van der Waals surface area (Å²) < 4.78 is 31.6. The summed E-state index contributed by atoms with van der Waals surface area (Å²) in [5, 5.41) is 3.19. The first-order valence-electron chi connectivity index (χ1n) is 6.42. The average molecular weight is 292 g/mol. The summed E-state index contributed by atoms with van der Waals surface area (Å²) in [5.74, 6) is 0. The lowest BCUT2D eigenvalue weighted by molar-refractivity contribution is 0.102. The first kappa shape index (κ1) is 14.5. The van der Waals surface area contributed by atoms with E-state index in [-0.39, 0.29) is 6.61 Å². The van der Waals surface area contributed by atoms with Crippen molar-refractivity contribution in [3.05, 3.63) is 0 Å². The van der Waals surface area contributed by atoms with E-state index in [4.69, 9.17) is 0 Å². The van der Waals surface area contributed by atoms with Crippen molar-refractivity contribution in [3.63, 3.8) is 0 Å². The predicted molar refractivity (Wildman–Crippen MR) is 68.9 cm³/mol. The highest BCUT2D eigenvalue weighted by Crippen LogP contribution is 2.11. The summed E-state index contributed by atoms with van der Waals surface area (Å²) in [5.41, 5.74) is 0. The van der Waals surface area contributed by atoms with Crippen molar-refractivity contribution in [2.24, 2.45) is 0 Å². The molecule has 2 rings (SSSR count). The van der Waals surface area contributed by atoms with Gasteiger partial charge in [0.2, 0.25) is 0 Å². The molecule has 2 aliphatic rings. The molecule has 0 saturated carbocycles. The maximum atomic E-state index is 11.9. The van der Waals surface area contributed by atoms with E-state index >= 15 is 0 Å². The van der Waals surface area contributed by atoms with Gasteiger partial charge in [0.15, 0.2) is 0 Å². The lowest BCUT2D eigenvalue weighted by Crippen LogP contribution is -2.62. The molecule has 2 fully saturated rings. The summed E-state index contributed by atoms with van der Waals surface area (Å²) in [4.78, 5) is 13.4. The highest BCUT2D eigenvalue weighted by Gasteiger charge is 2.32. The number of ether oxygens (including phenoxy) is 1.